The second-order valence-electron chi connectivity index (χ2n) is 7.28. The Labute approximate surface area is 232 Å². The summed E-state index contributed by atoms with van der Waals surface area (Å²) in [5.41, 5.74) is 3.76. The summed E-state index contributed by atoms with van der Waals surface area (Å²) in [5, 5.41) is 25.9. The smallest absolute Gasteiger partial charge is 0.270 e. The molecule has 15 heteroatoms. The molecule has 0 saturated carbocycles. The van der Waals surface area contributed by atoms with E-state index in [1.165, 1.54) is 24.3 Å². The number of alkyl halides is 3. The van der Waals surface area contributed by atoms with Crippen LogP contribution in [-0.2, 0) is 14.4 Å². The Kier molecular flexibility index (Phi) is 15.3. The van der Waals surface area contributed by atoms with E-state index in [0.29, 0.717) is 33.6 Å². The van der Waals surface area contributed by atoms with Gasteiger partial charge in [-0.3, -0.25) is 34.6 Å². The molecule has 202 valence electrons. The van der Waals surface area contributed by atoms with Crippen LogP contribution in [0.5, 0.6) is 0 Å². The van der Waals surface area contributed by atoms with Crippen LogP contribution >= 0.6 is 46.4 Å². The number of benzene rings is 2. The zero-order chi connectivity index (χ0) is 28.9. The minimum atomic E-state index is -0.508. The molecule has 0 aliphatic carbocycles. The van der Waals surface area contributed by atoms with Crippen LogP contribution in [-0.4, -0.2) is 44.5 Å². The monoisotopic (exact) mass is 596 g/mol. The molecule has 0 heterocycles. The Morgan fingerprint density at radius 2 is 0.919 bits per heavy atom. The van der Waals surface area contributed by atoms with Gasteiger partial charge in [-0.15, -0.1) is 34.8 Å². The van der Waals surface area contributed by atoms with Crippen LogP contribution in [0.4, 0.5) is 22.7 Å². The number of nitro groups is 2. The quantitative estimate of drug-likeness (QED) is 0.177. The second-order valence-corrected chi connectivity index (χ2v) is 8.50. The van der Waals surface area contributed by atoms with Gasteiger partial charge in [-0.1, -0.05) is 0 Å². The van der Waals surface area contributed by atoms with E-state index < -0.39 is 15.1 Å². The standard InChI is InChI=1S/2C10H11ClN2O3.C2H2Cl2O/c2*1-6-3-8(13(15)16)4-7(2)10(6)12-9(14)5-11;3-1-2(4)5/h2*3-4H,5H2,1-2H3,(H,12,14);1H2. The zero-order valence-electron chi connectivity index (χ0n) is 20.2. The van der Waals surface area contributed by atoms with Gasteiger partial charge in [0.05, 0.1) is 15.7 Å². The van der Waals surface area contributed by atoms with Crippen molar-refractivity contribution in [2.75, 3.05) is 28.3 Å². The van der Waals surface area contributed by atoms with Crippen LogP contribution in [0.3, 0.4) is 0 Å². The van der Waals surface area contributed by atoms with Crippen molar-refractivity contribution in [3.05, 3.63) is 66.7 Å². The van der Waals surface area contributed by atoms with Gasteiger partial charge in [0.2, 0.25) is 17.1 Å². The van der Waals surface area contributed by atoms with E-state index >= 15 is 0 Å². The first-order valence-corrected chi connectivity index (χ1v) is 12.1. The maximum absolute atomic E-state index is 11.1. The van der Waals surface area contributed by atoms with Crippen molar-refractivity contribution in [2.45, 2.75) is 27.7 Å². The Morgan fingerprint density at radius 3 is 1.08 bits per heavy atom. The van der Waals surface area contributed by atoms with Crippen LogP contribution in [0.1, 0.15) is 22.3 Å². The second kappa shape index (κ2) is 16.7. The maximum atomic E-state index is 11.1. The molecule has 2 N–H and O–H groups in total. The molecule has 11 nitrogen and oxygen atoms in total. The lowest BCUT2D eigenvalue weighted by Crippen LogP contribution is -2.14. The molecule has 0 aromatic heterocycles. The number of nitro benzene ring substituents is 2. The fourth-order valence-corrected chi connectivity index (χ4v) is 2.97. The number of carbonyl (C=O) groups is 3. The van der Waals surface area contributed by atoms with Crippen molar-refractivity contribution in [3.8, 4) is 0 Å². The molecule has 0 saturated heterocycles. The van der Waals surface area contributed by atoms with Gasteiger partial charge in [-0.25, -0.2) is 0 Å². The third kappa shape index (κ3) is 12.2. The molecule has 37 heavy (non-hydrogen) atoms. The molecule has 0 fully saturated rings. The molecular weight excluding hydrogens is 574 g/mol. The van der Waals surface area contributed by atoms with Crippen molar-refractivity contribution >= 4 is 86.2 Å². The fraction of sp³-hybridized carbons (Fsp3) is 0.318. The van der Waals surface area contributed by atoms with Gasteiger partial charge >= 0.3 is 0 Å². The molecule has 0 radical (unpaired) electrons. The predicted molar refractivity (Wildman–Crippen MR) is 145 cm³/mol. The van der Waals surface area contributed by atoms with Crippen molar-refractivity contribution in [1.29, 1.82) is 0 Å². The number of amides is 2. The van der Waals surface area contributed by atoms with Gasteiger partial charge < -0.3 is 10.6 Å². The summed E-state index contributed by atoms with van der Waals surface area (Å²) in [6.45, 7) is 6.79. The van der Waals surface area contributed by atoms with E-state index in [2.05, 4.69) is 10.6 Å². The Morgan fingerprint density at radius 1 is 0.676 bits per heavy atom. The van der Waals surface area contributed by atoms with Gasteiger partial charge in [0, 0.05) is 35.6 Å². The fourth-order valence-electron chi connectivity index (χ4n) is 2.83. The molecule has 0 spiro atoms. The number of carbonyl (C=O) groups excluding carboxylic acids is 3. The topological polar surface area (TPSA) is 162 Å². The molecule has 0 bridgehead atoms. The maximum Gasteiger partial charge on any atom is 0.270 e. The van der Waals surface area contributed by atoms with E-state index in [9.17, 15) is 34.6 Å². The zero-order valence-corrected chi connectivity index (χ0v) is 23.2. The number of aryl methyl sites for hydroxylation is 4. The van der Waals surface area contributed by atoms with Crippen LogP contribution in [0.2, 0.25) is 0 Å². The Bertz CT molecular complexity index is 1050. The number of hydrogen-bond acceptors (Lipinski definition) is 7. The Hall–Kier alpha value is -2.99. The van der Waals surface area contributed by atoms with Gasteiger partial charge in [0.25, 0.3) is 11.4 Å². The number of non-ortho nitro benzene ring substituents is 2. The van der Waals surface area contributed by atoms with Crippen LogP contribution in [0.25, 0.3) is 0 Å². The summed E-state index contributed by atoms with van der Waals surface area (Å²) in [7, 11) is 0. The predicted octanol–water partition coefficient (Wildman–Crippen LogP) is 5.77. The van der Waals surface area contributed by atoms with E-state index in [4.69, 9.17) is 46.4 Å². The summed E-state index contributed by atoms with van der Waals surface area (Å²) >= 11 is 20.3. The average molecular weight is 598 g/mol. The molecule has 2 rings (SSSR count). The molecular formula is C22H24Cl4N4O7. The van der Waals surface area contributed by atoms with Gasteiger partial charge in [0.1, 0.15) is 11.8 Å². The number of anilines is 2. The molecule has 0 aliphatic rings. The lowest BCUT2D eigenvalue weighted by Gasteiger charge is -2.10. The SMILES string of the molecule is Cc1cc([N+](=O)[O-])cc(C)c1NC(=O)CCl.Cc1cc([N+](=O)[O-])cc(C)c1NC(=O)CCl.O=C(Cl)CCl. The Balaban J connectivity index is 0.000000594. The third-order valence-corrected chi connectivity index (χ3v) is 5.33. The van der Waals surface area contributed by atoms with Gasteiger partial charge in [0.15, 0.2) is 0 Å². The molecule has 2 aromatic rings. The van der Waals surface area contributed by atoms with Crippen molar-refractivity contribution in [2.24, 2.45) is 0 Å². The third-order valence-electron chi connectivity index (χ3n) is 4.33. The number of nitrogens with one attached hydrogen (secondary N) is 2. The highest BCUT2D eigenvalue weighted by molar-refractivity contribution is 6.67. The van der Waals surface area contributed by atoms with E-state index in [-0.39, 0.29) is 40.8 Å². The van der Waals surface area contributed by atoms with Crippen LogP contribution in [0, 0.1) is 47.9 Å². The average Bonchev–Trinajstić information content (AvgIpc) is 2.83. The highest BCUT2D eigenvalue weighted by Crippen LogP contribution is 2.27. The molecule has 0 unspecified atom stereocenters. The number of halogens is 4. The van der Waals surface area contributed by atoms with E-state index in [0.717, 1.165) is 0 Å². The number of rotatable bonds is 7. The largest absolute Gasteiger partial charge is 0.325 e. The summed E-state index contributed by atoms with van der Waals surface area (Å²) in [5.74, 6) is -1.05. The van der Waals surface area contributed by atoms with Gasteiger partial charge in [-0.05, 0) is 61.5 Å². The van der Waals surface area contributed by atoms with Crippen LogP contribution in [0.15, 0.2) is 24.3 Å². The minimum absolute atomic E-state index is 0.0128. The summed E-state index contributed by atoms with van der Waals surface area (Å²) in [6, 6.07) is 5.65. The lowest BCUT2D eigenvalue weighted by molar-refractivity contribution is -0.385. The first-order valence-electron chi connectivity index (χ1n) is 10.2. The van der Waals surface area contributed by atoms with Crippen molar-refractivity contribution < 1.29 is 24.2 Å². The minimum Gasteiger partial charge on any atom is -0.325 e. The highest BCUT2D eigenvalue weighted by atomic mass is 35.5. The lowest BCUT2D eigenvalue weighted by atomic mass is 10.1. The molecule has 2 amide bonds. The van der Waals surface area contributed by atoms with Gasteiger partial charge in [-0.2, -0.15) is 0 Å². The van der Waals surface area contributed by atoms with Crippen molar-refractivity contribution in [3.63, 3.8) is 0 Å². The summed E-state index contributed by atoms with van der Waals surface area (Å²) in [4.78, 5) is 52.0. The van der Waals surface area contributed by atoms with E-state index in [1.807, 2.05) is 0 Å². The first-order chi connectivity index (χ1) is 17.2. The highest BCUT2D eigenvalue weighted by Gasteiger charge is 2.14. The summed E-state index contributed by atoms with van der Waals surface area (Å²) in [6.07, 6.45) is 0. The molecule has 2 aromatic carbocycles. The first kappa shape index (κ1) is 34.0. The normalized spacial score (nSPS) is 9.62. The number of hydrogen-bond donors (Lipinski definition) is 2. The van der Waals surface area contributed by atoms with Crippen LogP contribution < -0.4 is 10.6 Å². The van der Waals surface area contributed by atoms with E-state index in [1.54, 1.807) is 27.7 Å². The molecule has 0 aliphatic heterocycles. The molecule has 0 atom stereocenters. The number of nitrogens with zero attached hydrogens (tertiary/aromatic N) is 2. The van der Waals surface area contributed by atoms with Crippen molar-refractivity contribution in [1.82, 2.24) is 0 Å². The summed E-state index contributed by atoms with van der Waals surface area (Å²) < 4.78 is 0.